The molecule has 1 aromatic carbocycles. The van der Waals surface area contributed by atoms with E-state index in [9.17, 15) is 8.96 Å². The summed E-state index contributed by atoms with van der Waals surface area (Å²) < 4.78 is 27.2. The van der Waals surface area contributed by atoms with Crippen molar-refractivity contribution >= 4 is 40.9 Å². The highest BCUT2D eigenvalue weighted by molar-refractivity contribution is 7.69. The Labute approximate surface area is 191 Å². The molecule has 0 aliphatic rings. The molecule has 0 aliphatic carbocycles. The number of aryl methyl sites for hydroxylation is 1. The fraction of sp³-hybridized carbons (Fsp3) is 0.208. The zero-order valence-corrected chi connectivity index (χ0v) is 19.9. The Morgan fingerprint density at radius 2 is 1.81 bits per heavy atom. The molecule has 32 heavy (non-hydrogen) atoms. The fourth-order valence-electron chi connectivity index (χ4n) is 3.48. The van der Waals surface area contributed by atoms with Gasteiger partial charge in [0.25, 0.3) is 0 Å². The van der Waals surface area contributed by atoms with Crippen LogP contribution in [0.5, 0.6) is 0 Å². The number of benzene rings is 1. The number of rotatable bonds is 5. The maximum atomic E-state index is 15.0. The van der Waals surface area contributed by atoms with Gasteiger partial charge in [0.15, 0.2) is 5.82 Å². The number of anilines is 1. The van der Waals surface area contributed by atoms with E-state index in [4.69, 9.17) is 11.6 Å². The van der Waals surface area contributed by atoms with Gasteiger partial charge in [0.1, 0.15) is 18.4 Å². The molecule has 1 N–H and O–H groups in total. The van der Waals surface area contributed by atoms with E-state index in [1.54, 1.807) is 32.4 Å². The van der Waals surface area contributed by atoms with E-state index >= 15 is 0 Å². The SMILES string of the molecule is Cc1nc2cc(F)c(-c3ccc(P(C)(C)=O)nc3)nc2c(N[C@H](C)c2ccccc2)c1Cl. The number of halogens is 2. The molecule has 3 aromatic heterocycles. The molecule has 164 valence electrons. The lowest BCUT2D eigenvalue weighted by Crippen LogP contribution is -2.10. The van der Waals surface area contributed by atoms with Gasteiger partial charge in [0.05, 0.1) is 27.4 Å². The minimum absolute atomic E-state index is 0.0572. The van der Waals surface area contributed by atoms with Gasteiger partial charge < -0.3 is 9.88 Å². The Morgan fingerprint density at radius 3 is 2.44 bits per heavy atom. The summed E-state index contributed by atoms with van der Waals surface area (Å²) in [6.07, 6.45) is 1.50. The number of nitrogens with zero attached hydrogens (tertiary/aromatic N) is 3. The summed E-state index contributed by atoms with van der Waals surface area (Å²) in [5.41, 5.74) is 4.26. The lowest BCUT2D eigenvalue weighted by atomic mass is 10.1. The summed E-state index contributed by atoms with van der Waals surface area (Å²) in [5, 5.41) is 3.87. The summed E-state index contributed by atoms with van der Waals surface area (Å²) >= 11 is 6.61. The molecule has 0 saturated carbocycles. The molecular formula is C24H23ClFN4OP. The van der Waals surface area contributed by atoms with Gasteiger partial charge in [-0.2, -0.15) is 0 Å². The standard InChI is InChI=1S/C24H23ClFN4OP/c1-14(16-8-6-5-7-9-16)29-24-21(25)15(2)28-19-12-18(26)22(30-23(19)24)17-10-11-20(27-13-17)32(3,4)31/h5-14H,1-4H3,(H,28,29)/t14-/m1/s1. The molecule has 8 heteroatoms. The molecule has 0 spiro atoms. The van der Waals surface area contributed by atoms with Crippen LogP contribution in [0.3, 0.4) is 0 Å². The van der Waals surface area contributed by atoms with Gasteiger partial charge in [0.2, 0.25) is 0 Å². The van der Waals surface area contributed by atoms with Crippen LogP contribution >= 0.6 is 18.7 Å². The van der Waals surface area contributed by atoms with Gasteiger partial charge in [-0.25, -0.2) is 14.4 Å². The van der Waals surface area contributed by atoms with E-state index in [0.29, 0.717) is 38.4 Å². The van der Waals surface area contributed by atoms with Crippen molar-refractivity contribution in [3.05, 3.63) is 76.8 Å². The van der Waals surface area contributed by atoms with E-state index in [-0.39, 0.29) is 11.7 Å². The Morgan fingerprint density at radius 1 is 1.09 bits per heavy atom. The summed E-state index contributed by atoms with van der Waals surface area (Å²) in [7, 11) is -2.51. The van der Waals surface area contributed by atoms with Crippen LogP contribution in [0.2, 0.25) is 5.02 Å². The molecule has 4 rings (SSSR count). The van der Waals surface area contributed by atoms with Crippen LogP contribution in [-0.2, 0) is 4.57 Å². The summed E-state index contributed by atoms with van der Waals surface area (Å²) in [6.45, 7) is 7.09. The highest BCUT2D eigenvalue weighted by Gasteiger charge is 2.20. The van der Waals surface area contributed by atoms with Gasteiger partial charge in [-0.3, -0.25) is 4.98 Å². The second-order valence-electron chi connectivity index (χ2n) is 8.11. The van der Waals surface area contributed by atoms with E-state index in [2.05, 4.69) is 20.3 Å². The Kier molecular flexibility index (Phi) is 6.02. The van der Waals surface area contributed by atoms with Crippen LogP contribution in [-0.4, -0.2) is 28.3 Å². The minimum atomic E-state index is -2.51. The number of hydrogen-bond donors (Lipinski definition) is 1. The van der Waals surface area contributed by atoms with Crippen LogP contribution in [0.15, 0.2) is 54.7 Å². The minimum Gasteiger partial charge on any atom is -0.375 e. The average Bonchev–Trinajstić information content (AvgIpc) is 2.76. The topological polar surface area (TPSA) is 67.8 Å². The van der Waals surface area contributed by atoms with Crippen LogP contribution in [0, 0.1) is 12.7 Å². The highest BCUT2D eigenvalue weighted by Crippen LogP contribution is 2.37. The van der Waals surface area contributed by atoms with Crippen molar-refractivity contribution in [2.75, 3.05) is 18.6 Å². The number of nitrogens with one attached hydrogen (secondary N) is 1. The molecular weight excluding hydrogens is 446 g/mol. The molecule has 4 aromatic rings. The van der Waals surface area contributed by atoms with Crippen molar-refractivity contribution in [1.29, 1.82) is 0 Å². The van der Waals surface area contributed by atoms with Crippen LogP contribution in [0.25, 0.3) is 22.3 Å². The quantitative estimate of drug-likeness (QED) is 0.352. The van der Waals surface area contributed by atoms with Crippen LogP contribution in [0.1, 0.15) is 24.2 Å². The first-order valence-corrected chi connectivity index (χ1v) is 13.1. The third-order valence-corrected chi connectivity index (χ3v) is 7.08. The zero-order valence-electron chi connectivity index (χ0n) is 18.2. The summed E-state index contributed by atoms with van der Waals surface area (Å²) in [5.74, 6) is -0.514. The van der Waals surface area contributed by atoms with E-state index in [0.717, 1.165) is 5.56 Å². The van der Waals surface area contributed by atoms with Crippen molar-refractivity contribution in [3.63, 3.8) is 0 Å². The molecule has 0 bridgehead atoms. The molecule has 0 amide bonds. The van der Waals surface area contributed by atoms with E-state index in [1.807, 2.05) is 37.3 Å². The lowest BCUT2D eigenvalue weighted by Gasteiger charge is -2.19. The molecule has 0 saturated heterocycles. The number of pyridine rings is 3. The summed E-state index contributed by atoms with van der Waals surface area (Å²) in [4.78, 5) is 13.3. The molecule has 0 fully saturated rings. The molecule has 1 atom stereocenters. The van der Waals surface area contributed by atoms with Gasteiger partial charge in [-0.15, -0.1) is 0 Å². The van der Waals surface area contributed by atoms with Crippen molar-refractivity contribution in [2.24, 2.45) is 0 Å². The predicted octanol–water partition coefficient (Wildman–Crippen LogP) is 6.21. The molecule has 0 unspecified atom stereocenters. The molecule has 5 nitrogen and oxygen atoms in total. The van der Waals surface area contributed by atoms with Crippen LogP contribution in [0.4, 0.5) is 10.1 Å². The van der Waals surface area contributed by atoms with Gasteiger partial charge >= 0.3 is 0 Å². The smallest absolute Gasteiger partial charge is 0.151 e. The first-order valence-electron chi connectivity index (χ1n) is 10.1. The second kappa shape index (κ2) is 8.61. The summed E-state index contributed by atoms with van der Waals surface area (Å²) in [6, 6.07) is 14.6. The monoisotopic (exact) mass is 468 g/mol. The lowest BCUT2D eigenvalue weighted by molar-refractivity contribution is 0.588. The Hall–Kier alpha value is -2.82. The van der Waals surface area contributed by atoms with Crippen molar-refractivity contribution in [3.8, 4) is 11.3 Å². The third kappa shape index (κ3) is 4.38. The Bertz CT molecular complexity index is 1340. The highest BCUT2D eigenvalue weighted by atomic mass is 35.5. The molecule has 0 aliphatic heterocycles. The van der Waals surface area contributed by atoms with Gasteiger partial charge in [0, 0.05) is 23.9 Å². The van der Waals surface area contributed by atoms with Crippen molar-refractivity contribution in [1.82, 2.24) is 15.0 Å². The number of fused-ring (bicyclic) bond motifs is 1. The fourth-order valence-corrected chi connectivity index (χ4v) is 4.44. The first kappa shape index (κ1) is 22.4. The van der Waals surface area contributed by atoms with Crippen LogP contribution < -0.4 is 10.8 Å². The first-order chi connectivity index (χ1) is 15.1. The third-order valence-electron chi connectivity index (χ3n) is 5.25. The van der Waals surface area contributed by atoms with Crippen molar-refractivity contribution in [2.45, 2.75) is 19.9 Å². The zero-order chi connectivity index (χ0) is 23.0. The molecule has 3 heterocycles. The van der Waals surface area contributed by atoms with E-state index < -0.39 is 13.0 Å². The van der Waals surface area contributed by atoms with Crippen molar-refractivity contribution < 1.29 is 8.96 Å². The maximum absolute atomic E-state index is 15.0. The second-order valence-corrected chi connectivity index (χ2v) is 11.6. The number of aromatic nitrogens is 3. The number of hydrogen-bond acceptors (Lipinski definition) is 5. The largest absolute Gasteiger partial charge is 0.375 e. The van der Waals surface area contributed by atoms with Gasteiger partial charge in [-0.1, -0.05) is 41.9 Å². The predicted molar refractivity (Wildman–Crippen MR) is 130 cm³/mol. The van der Waals surface area contributed by atoms with E-state index in [1.165, 1.54) is 12.3 Å². The Balaban J connectivity index is 1.84. The maximum Gasteiger partial charge on any atom is 0.151 e. The molecule has 0 radical (unpaired) electrons. The van der Waals surface area contributed by atoms with Gasteiger partial charge in [-0.05, 0) is 44.9 Å². The average molecular weight is 469 g/mol. The normalized spacial score (nSPS) is 12.7.